The number of piperidine rings is 1. The van der Waals surface area contributed by atoms with Crippen LogP contribution in [0.1, 0.15) is 25.7 Å². The van der Waals surface area contributed by atoms with Crippen LogP contribution in [0.4, 0.5) is 0 Å². The molecule has 2 heterocycles. The zero-order chi connectivity index (χ0) is 13.7. The first kappa shape index (κ1) is 14.8. The number of nitrogens with two attached hydrogens (primary N) is 1. The van der Waals surface area contributed by atoms with Gasteiger partial charge in [-0.05, 0) is 44.7 Å². The topological polar surface area (TPSA) is 58.8 Å². The van der Waals surface area contributed by atoms with Gasteiger partial charge < -0.3 is 20.3 Å². The van der Waals surface area contributed by atoms with E-state index in [0.29, 0.717) is 6.61 Å². The Hall–Kier alpha value is -0.650. The molecule has 0 bridgehead atoms. The van der Waals surface area contributed by atoms with Crippen LogP contribution in [0.2, 0.25) is 0 Å². The van der Waals surface area contributed by atoms with E-state index in [4.69, 9.17) is 10.5 Å². The summed E-state index contributed by atoms with van der Waals surface area (Å²) in [5.74, 6) is 0.794. The number of rotatable bonds is 5. The number of ether oxygens (including phenoxy) is 1. The summed E-state index contributed by atoms with van der Waals surface area (Å²) in [5, 5.41) is 0. The Labute approximate surface area is 116 Å². The lowest BCUT2D eigenvalue weighted by Crippen LogP contribution is -2.49. The van der Waals surface area contributed by atoms with Crippen LogP contribution in [0.15, 0.2) is 0 Å². The Morgan fingerprint density at radius 2 is 1.89 bits per heavy atom. The number of hydrogen-bond donors (Lipinski definition) is 1. The van der Waals surface area contributed by atoms with E-state index < -0.39 is 6.04 Å². The number of nitrogens with zero attached hydrogens (tertiary/aromatic N) is 2. The molecule has 2 fully saturated rings. The summed E-state index contributed by atoms with van der Waals surface area (Å²) in [6.07, 6.45) is 4.93. The highest BCUT2D eigenvalue weighted by Crippen LogP contribution is 2.20. The van der Waals surface area contributed by atoms with Gasteiger partial charge in [0.25, 0.3) is 0 Å². The highest BCUT2D eigenvalue weighted by molar-refractivity contribution is 5.81. The van der Waals surface area contributed by atoms with Crippen LogP contribution in [0.5, 0.6) is 0 Å². The third-order valence-electron chi connectivity index (χ3n) is 4.30. The maximum Gasteiger partial charge on any atom is 0.241 e. The van der Waals surface area contributed by atoms with Gasteiger partial charge in [0, 0.05) is 26.7 Å². The molecule has 0 radical (unpaired) electrons. The molecule has 0 aromatic heterocycles. The van der Waals surface area contributed by atoms with Gasteiger partial charge in [-0.3, -0.25) is 4.79 Å². The Kier molecular flexibility index (Phi) is 5.60. The van der Waals surface area contributed by atoms with Gasteiger partial charge in [0.1, 0.15) is 6.04 Å². The van der Waals surface area contributed by atoms with Crippen molar-refractivity contribution in [3.8, 4) is 0 Å². The fourth-order valence-electron chi connectivity index (χ4n) is 3.15. The lowest BCUT2D eigenvalue weighted by atomic mass is 9.96. The fourth-order valence-corrected chi connectivity index (χ4v) is 3.15. The molecule has 2 saturated heterocycles. The molecule has 2 aliphatic rings. The van der Waals surface area contributed by atoms with Crippen LogP contribution in [0.25, 0.3) is 0 Å². The lowest BCUT2D eigenvalue weighted by molar-refractivity contribution is -0.135. The highest BCUT2D eigenvalue weighted by Gasteiger charge is 2.27. The second-order valence-electron chi connectivity index (χ2n) is 5.84. The van der Waals surface area contributed by atoms with E-state index in [-0.39, 0.29) is 5.91 Å². The summed E-state index contributed by atoms with van der Waals surface area (Å²) < 4.78 is 4.95. The Bertz CT molecular complexity index is 284. The van der Waals surface area contributed by atoms with Gasteiger partial charge in [-0.2, -0.15) is 0 Å². The van der Waals surface area contributed by atoms with Crippen LogP contribution < -0.4 is 5.73 Å². The van der Waals surface area contributed by atoms with Crippen molar-refractivity contribution in [3.05, 3.63) is 0 Å². The van der Waals surface area contributed by atoms with E-state index in [1.165, 1.54) is 32.5 Å². The van der Waals surface area contributed by atoms with E-state index in [0.717, 1.165) is 31.8 Å². The first-order chi connectivity index (χ1) is 9.20. The van der Waals surface area contributed by atoms with Crippen LogP contribution in [-0.2, 0) is 9.53 Å². The van der Waals surface area contributed by atoms with Gasteiger partial charge in [-0.25, -0.2) is 0 Å². The van der Waals surface area contributed by atoms with Crippen molar-refractivity contribution >= 4 is 5.91 Å². The summed E-state index contributed by atoms with van der Waals surface area (Å²) in [6, 6.07) is -0.500. The molecule has 1 atom stereocenters. The maximum absolute atomic E-state index is 12.0. The number of carbonyl (C=O) groups is 1. The van der Waals surface area contributed by atoms with Crippen LogP contribution in [0.3, 0.4) is 0 Å². The van der Waals surface area contributed by atoms with Crippen molar-refractivity contribution in [1.82, 2.24) is 9.80 Å². The third kappa shape index (κ3) is 4.16. The molecule has 110 valence electrons. The van der Waals surface area contributed by atoms with Crippen LogP contribution in [0, 0.1) is 5.92 Å². The highest BCUT2D eigenvalue weighted by atomic mass is 16.5. The minimum Gasteiger partial charge on any atom is -0.383 e. The number of carbonyl (C=O) groups excluding carboxylic acids is 1. The van der Waals surface area contributed by atoms with Crippen molar-refractivity contribution < 1.29 is 9.53 Å². The normalized spacial score (nSPS) is 23.8. The van der Waals surface area contributed by atoms with Gasteiger partial charge >= 0.3 is 0 Å². The van der Waals surface area contributed by atoms with E-state index in [1.807, 2.05) is 4.90 Å². The van der Waals surface area contributed by atoms with Crippen molar-refractivity contribution in [2.24, 2.45) is 11.7 Å². The van der Waals surface area contributed by atoms with Crippen LogP contribution >= 0.6 is 0 Å². The Balaban J connectivity index is 1.70. The van der Waals surface area contributed by atoms with Gasteiger partial charge in [-0.1, -0.05) is 0 Å². The zero-order valence-electron chi connectivity index (χ0n) is 12.0. The summed E-state index contributed by atoms with van der Waals surface area (Å²) in [7, 11) is 1.58. The molecule has 1 unspecified atom stereocenters. The summed E-state index contributed by atoms with van der Waals surface area (Å²) in [6.45, 7) is 5.76. The molecule has 0 aromatic rings. The molecule has 0 saturated carbocycles. The van der Waals surface area contributed by atoms with Gasteiger partial charge in [0.05, 0.1) is 6.61 Å². The van der Waals surface area contributed by atoms with Crippen molar-refractivity contribution in [3.63, 3.8) is 0 Å². The van der Waals surface area contributed by atoms with E-state index in [2.05, 4.69) is 4.90 Å². The lowest BCUT2D eigenvalue weighted by Gasteiger charge is -2.35. The smallest absolute Gasteiger partial charge is 0.241 e. The van der Waals surface area contributed by atoms with Gasteiger partial charge in [-0.15, -0.1) is 0 Å². The first-order valence-electron chi connectivity index (χ1n) is 7.46. The minimum absolute atomic E-state index is 0.0430. The number of amides is 1. The molecule has 2 N–H and O–H groups in total. The molecular weight excluding hydrogens is 242 g/mol. The molecule has 5 nitrogen and oxygen atoms in total. The standard InChI is InChI=1S/C14H27N3O2/c1-19-11-13(15)14(18)17-8-4-12(5-9-17)10-16-6-2-3-7-16/h12-13H,2-11,15H2,1H3. The summed E-state index contributed by atoms with van der Waals surface area (Å²) in [4.78, 5) is 16.5. The van der Waals surface area contributed by atoms with Crippen molar-refractivity contribution in [2.45, 2.75) is 31.7 Å². The zero-order valence-corrected chi connectivity index (χ0v) is 12.0. The molecule has 19 heavy (non-hydrogen) atoms. The molecule has 5 heteroatoms. The molecule has 0 aromatic carbocycles. The molecule has 2 rings (SSSR count). The maximum atomic E-state index is 12.0. The first-order valence-corrected chi connectivity index (χ1v) is 7.46. The SMILES string of the molecule is COCC(N)C(=O)N1CCC(CN2CCCC2)CC1. The van der Waals surface area contributed by atoms with Gasteiger partial charge in [0.15, 0.2) is 0 Å². The third-order valence-corrected chi connectivity index (χ3v) is 4.30. The molecule has 2 aliphatic heterocycles. The quantitative estimate of drug-likeness (QED) is 0.779. The summed E-state index contributed by atoms with van der Waals surface area (Å²) >= 11 is 0. The molecule has 0 spiro atoms. The predicted molar refractivity (Wildman–Crippen MR) is 74.8 cm³/mol. The number of hydrogen-bond acceptors (Lipinski definition) is 4. The minimum atomic E-state index is -0.500. The second-order valence-corrected chi connectivity index (χ2v) is 5.84. The number of methoxy groups -OCH3 is 1. The van der Waals surface area contributed by atoms with Gasteiger partial charge in [0.2, 0.25) is 5.91 Å². The Morgan fingerprint density at radius 3 is 2.47 bits per heavy atom. The van der Waals surface area contributed by atoms with Crippen LogP contribution in [-0.4, -0.2) is 68.2 Å². The average molecular weight is 269 g/mol. The summed E-state index contributed by atoms with van der Waals surface area (Å²) in [5.41, 5.74) is 5.80. The Morgan fingerprint density at radius 1 is 1.26 bits per heavy atom. The van der Waals surface area contributed by atoms with Crippen molar-refractivity contribution in [1.29, 1.82) is 0 Å². The van der Waals surface area contributed by atoms with Crippen molar-refractivity contribution in [2.75, 3.05) is 46.4 Å². The van der Waals surface area contributed by atoms with E-state index in [9.17, 15) is 4.79 Å². The van der Waals surface area contributed by atoms with E-state index in [1.54, 1.807) is 7.11 Å². The monoisotopic (exact) mass is 269 g/mol. The largest absolute Gasteiger partial charge is 0.383 e. The number of likely N-dealkylation sites (tertiary alicyclic amines) is 2. The molecular formula is C14H27N3O2. The average Bonchev–Trinajstić information content (AvgIpc) is 2.92. The fraction of sp³-hybridized carbons (Fsp3) is 0.929. The molecule has 1 amide bonds. The second kappa shape index (κ2) is 7.22. The van der Waals surface area contributed by atoms with E-state index >= 15 is 0 Å². The molecule has 0 aliphatic carbocycles. The predicted octanol–water partition coefficient (Wildman–Crippen LogP) is 0.295.